The SMILES string of the molecule is Cc1ncsc1CNC(C(=O)O)C1CC1. The van der Waals surface area contributed by atoms with Crippen LogP contribution >= 0.6 is 11.3 Å². The van der Waals surface area contributed by atoms with Crippen LogP contribution in [0.5, 0.6) is 0 Å². The van der Waals surface area contributed by atoms with Crippen molar-refractivity contribution in [2.75, 3.05) is 0 Å². The quantitative estimate of drug-likeness (QED) is 0.796. The van der Waals surface area contributed by atoms with Gasteiger partial charge in [0.25, 0.3) is 0 Å². The third kappa shape index (κ3) is 2.54. The molecule has 0 aromatic carbocycles. The van der Waals surface area contributed by atoms with Crippen molar-refractivity contribution in [3.63, 3.8) is 0 Å². The number of rotatable bonds is 5. The summed E-state index contributed by atoms with van der Waals surface area (Å²) in [5, 5.41) is 12.1. The Morgan fingerprint density at radius 3 is 3.00 bits per heavy atom. The molecule has 0 radical (unpaired) electrons. The zero-order chi connectivity index (χ0) is 10.8. The fraction of sp³-hybridized carbons (Fsp3) is 0.600. The van der Waals surface area contributed by atoms with Crippen LogP contribution in [0, 0.1) is 12.8 Å². The predicted molar refractivity (Wildman–Crippen MR) is 57.8 cm³/mol. The van der Waals surface area contributed by atoms with Crippen LogP contribution in [0.25, 0.3) is 0 Å². The summed E-state index contributed by atoms with van der Waals surface area (Å²) in [6.45, 7) is 2.56. The second-order valence-electron chi connectivity index (χ2n) is 3.90. The van der Waals surface area contributed by atoms with E-state index in [2.05, 4.69) is 10.3 Å². The number of nitrogens with one attached hydrogen (secondary N) is 1. The zero-order valence-corrected chi connectivity index (χ0v) is 9.38. The van der Waals surface area contributed by atoms with E-state index in [4.69, 9.17) is 5.11 Å². The second-order valence-corrected chi connectivity index (χ2v) is 4.83. The van der Waals surface area contributed by atoms with Crippen molar-refractivity contribution < 1.29 is 9.90 Å². The first-order valence-electron chi connectivity index (χ1n) is 5.03. The summed E-state index contributed by atoms with van der Waals surface area (Å²) < 4.78 is 0. The van der Waals surface area contributed by atoms with Gasteiger partial charge in [0, 0.05) is 11.4 Å². The third-order valence-electron chi connectivity index (χ3n) is 2.69. The number of carbonyl (C=O) groups is 1. The van der Waals surface area contributed by atoms with E-state index in [0.717, 1.165) is 23.4 Å². The molecular formula is C10H14N2O2S. The number of nitrogens with zero attached hydrogens (tertiary/aromatic N) is 1. The average Bonchev–Trinajstić information content (AvgIpc) is 2.92. The fourth-order valence-electron chi connectivity index (χ4n) is 1.58. The van der Waals surface area contributed by atoms with Gasteiger partial charge >= 0.3 is 5.97 Å². The van der Waals surface area contributed by atoms with E-state index < -0.39 is 5.97 Å². The van der Waals surface area contributed by atoms with Crippen LogP contribution in [0.4, 0.5) is 0 Å². The normalized spacial score (nSPS) is 17.7. The number of carboxylic acid groups (broad SMARTS) is 1. The van der Waals surface area contributed by atoms with Gasteiger partial charge < -0.3 is 5.11 Å². The maximum Gasteiger partial charge on any atom is 0.320 e. The molecule has 82 valence electrons. The largest absolute Gasteiger partial charge is 0.480 e. The van der Waals surface area contributed by atoms with E-state index in [9.17, 15) is 4.79 Å². The van der Waals surface area contributed by atoms with Gasteiger partial charge in [-0.3, -0.25) is 10.1 Å². The van der Waals surface area contributed by atoms with Gasteiger partial charge in [-0.2, -0.15) is 0 Å². The Hall–Kier alpha value is -0.940. The van der Waals surface area contributed by atoms with Gasteiger partial charge in [-0.05, 0) is 25.7 Å². The number of aromatic nitrogens is 1. The van der Waals surface area contributed by atoms with E-state index in [1.807, 2.05) is 6.92 Å². The smallest absolute Gasteiger partial charge is 0.320 e. The summed E-state index contributed by atoms with van der Waals surface area (Å²) in [5.41, 5.74) is 2.78. The Labute approximate surface area is 92.3 Å². The summed E-state index contributed by atoms with van der Waals surface area (Å²) in [5.74, 6) is -0.407. The molecule has 2 rings (SSSR count). The molecule has 0 aliphatic heterocycles. The lowest BCUT2D eigenvalue weighted by atomic mass is 10.2. The van der Waals surface area contributed by atoms with E-state index in [-0.39, 0.29) is 6.04 Å². The van der Waals surface area contributed by atoms with Crippen LogP contribution in [0.3, 0.4) is 0 Å². The summed E-state index contributed by atoms with van der Waals surface area (Å²) >= 11 is 1.57. The van der Waals surface area contributed by atoms with Crippen molar-refractivity contribution in [1.82, 2.24) is 10.3 Å². The maximum absolute atomic E-state index is 11.0. The molecule has 0 saturated heterocycles. The molecular weight excluding hydrogens is 212 g/mol. The summed E-state index contributed by atoms with van der Waals surface area (Å²) in [6, 6.07) is -0.383. The van der Waals surface area contributed by atoms with Gasteiger partial charge in [0.15, 0.2) is 0 Å². The van der Waals surface area contributed by atoms with Gasteiger partial charge in [-0.15, -0.1) is 11.3 Å². The topological polar surface area (TPSA) is 62.2 Å². The van der Waals surface area contributed by atoms with E-state index in [0.29, 0.717) is 12.5 Å². The van der Waals surface area contributed by atoms with Crippen molar-refractivity contribution in [3.8, 4) is 0 Å². The molecule has 0 amide bonds. The minimum atomic E-state index is -0.736. The Balaban J connectivity index is 1.91. The van der Waals surface area contributed by atoms with Crippen LogP contribution in [0.2, 0.25) is 0 Å². The molecule has 2 N–H and O–H groups in total. The number of thiazole rings is 1. The standard InChI is InChI=1S/C10H14N2O2S/c1-6-8(15-5-12-6)4-11-9(10(13)14)7-2-3-7/h5,7,9,11H,2-4H2,1H3,(H,13,14). The zero-order valence-electron chi connectivity index (χ0n) is 8.56. The molecule has 15 heavy (non-hydrogen) atoms. The first-order chi connectivity index (χ1) is 7.18. The minimum Gasteiger partial charge on any atom is -0.480 e. The Kier molecular flexibility index (Phi) is 3.02. The first-order valence-corrected chi connectivity index (χ1v) is 5.91. The molecule has 1 aromatic heterocycles. The van der Waals surface area contributed by atoms with Gasteiger partial charge in [0.1, 0.15) is 6.04 Å². The van der Waals surface area contributed by atoms with Crippen molar-refractivity contribution in [2.24, 2.45) is 5.92 Å². The van der Waals surface area contributed by atoms with Crippen molar-refractivity contribution in [2.45, 2.75) is 32.4 Å². The average molecular weight is 226 g/mol. The van der Waals surface area contributed by atoms with Gasteiger partial charge in [-0.1, -0.05) is 0 Å². The predicted octanol–water partition coefficient (Wildman–Crippen LogP) is 1.40. The molecule has 1 fully saturated rings. The molecule has 4 nitrogen and oxygen atoms in total. The highest BCUT2D eigenvalue weighted by Crippen LogP contribution is 2.33. The van der Waals surface area contributed by atoms with Crippen LogP contribution in [-0.4, -0.2) is 22.1 Å². The van der Waals surface area contributed by atoms with E-state index >= 15 is 0 Å². The number of hydrogen-bond donors (Lipinski definition) is 2. The number of carboxylic acids is 1. The van der Waals surface area contributed by atoms with Crippen molar-refractivity contribution in [3.05, 3.63) is 16.1 Å². The molecule has 1 atom stereocenters. The van der Waals surface area contributed by atoms with Crippen LogP contribution < -0.4 is 5.32 Å². The van der Waals surface area contributed by atoms with Crippen LogP contribution in [0.15, 0.2) is 5.51 Å². The van der Waals surface area contributed by atoms with Gasteiger partial charge in [0.05, 0.1) is 11.2 Å². The molecule has 1 unspecified atom stereocenters. The third-order valence-corrected chi connectivity index (χ3v) is 3.62. The highest BCUT2D eigenvalue weighted by molar-refractivity contribution is 7.09. The Morgan fingerprint density at radius 2 is 2.53 bits per heavy atom. The summed E-state index contributed by atoms with van der Waals surface area (Å²) in [4.78, 5) is 16.2. The van der Waals surface area contributed by atoms with Gasteiger partial charge in [0.2, 0.25) is 0 Å². The van der Waals surface area contributed by atoms with E-state index in [1.54, 1.807) is 16.8 Å². The number of hydrogen-bond acceptors (Lipinski definition) is 4. The van der Waals surface area contributed by atoms with Crippen molar-refractivity contribution >= 4 is 17.3 Å². The second kappa shape index (κ2) is 4.28. The molecule has 0 bridgehead atoms. The lowest BCUT2D eigenvalue weighted by Crippen LogP contribution is -2.37. The molecule has 5 heteroatoms. The lowest BCUT2D eigenvalue weighted by molar-refractivity contribution is -0.140. The Bertz CT molecular complexity index is 360. The lowest BCUT2D eigenvalue weighted by Gasteiger charge is -2.12. The fourth-order valence-corrected chi connectivity index (χ4v) is 2.31. The molecule has 1 aromatic rings. The monoisotopic (exact) mass is 226 g/mol. The summed E-state index contributed by atoms with van der Waals surface area (Å²) in [7, 11) is 0. The minimum absolute atomic E-state index is 0.329. The highest BCUT2D eigenvalue weighted by Gasteiger charge is 2.35. The first kappa shape index (κ1) is 10.6. The summed E-state index contributed by atoms with van der Waals surface area (Å²) in [6.07, 6.45) is 2.07. The van der Waals surface area contributed by atoms with Crippen molar-refractivity contribution in [1.29, 1.82) is 0 Å². The highest BCUT2D eigenvalue weighted by atomic mass is 32.1. The number of aliphatic carboxylic acids is 1. The van der Waals surface area contributed by atoms with Crippen LogP contribution in [-0.2, 0) is 11.3 Å². The van der Waals surface area contributed by atoms with E-state index in [1.165, 1.54) is 0 Å². The molecule has 0 spiro atoms. The van der Waals surface area contributed by atoms with Gasteiger partial charge in [-0.25, -0.2) is 4.98 Å². The maximum atomic E-state index is 11.0. The number of aryl methyl sites for hydroxylation is 1. The molecule has 1 heterocycles. The molecule has 1 aliphatic rings. The molecule has 1 saturated carbocycles. The van der Waals surface area contributed by atoms with Crippen LogP contribution in [0.1, 0.15) is 23.4 Å². The Morgan fingerprint density at radius 1 is 1.80 bits per heavy atom. The molecule has 1 aliphatic carbocycles.